The maximum atomic E-state index is 11.9. The van der Waals surface area contributed by atoms with Crippen molar-refractivity contribution in [3.8, 4) is 0 Å². The van der Waals surface area contributed by atoms with Gasteiger partial charge in [-0.3, -0.25) is 0 Å². The number of amides is 1. The van der Waals surface area contributed by atoms with E-state index in [4.69, 9.17) is 10.5 Å². The second-order valence-electron chi connectivity index (χ2n) is 6.75. The van der Waals surface area contributed by atoms with Gasteiger partial charge in [-0.1, -0.05) is 35.5 Å². The van der Waals surface area contributed by atoms with E-state index in [-0.39, 0.29) is 5.84 Å². The Bertz CT molecular complexity index is 696. The molecule has 0 heterocycles. The molecular formula is C17H23N3O6. The van der Waals surface area contributed by atoms with E-state index in [0.717, 1.165) is 6.92 Å². The van der Waals surface area contributed by atoms with Gasteiger partial charge >= 0.3 is 18.0 Å². The predicted octanol–water partition coefficient (Wildman–Crippen LogP) is 1.61. The number of rotatable bonds is 6. The monoisotopic (exact) mass is 365 g/mol. The molecule has 9 heteroatoms. The molecule has 1 aromatic carbocycles. The van der Waals surface area contributed by atoms with Crippen molar-refractivity contribution in [2.45, 2.75) is 45.3 Å². The summed E-state index contributed by atoms with van der Waals surface area (Å²) in [4.78, 5) is 39.9. The van der Waals surface area contributed by atoms with E-state index < -0.39 is 35.6 Å². The standard InChI is InChI=1S/C17H23N3O6/c1-16(2,3)25-15(24)19-17(4,14(22)23)10-12(21)26-20-13(18)11-8-6-5-7-9-11/h5-9H,10H2,1-4H3,(H2,18,20)(H,19,24)(H,22,23)/t17-/m0/s1. The third-order valence-corrected chi connectivity index (χ3v) is 3.06. The molecule has 0 saturated heterocycles. The summed E-state index contributed by atoms with van der Waals surface area (Å²) in [6.07, 6.45) is -1.64. The van der Waals surface area contributed by atoms with Gasteiger partial charge in [0.2, 0.25) is 0 Å². The molecule has 0 unspecified atom stereocenters. The van der Waals surface area contributed by atoms with E-state index in [1.54, 1.807) is 51.1 Å². The number of amidine groups is 1. The smallest absolute Gasteiger partial charge is 0.408 e. The normalized spacial score (nSPS) is 14.1. The molecule has 142 valence electrons. The van der Waals surface area contributed by atoms with Crippen LogP contribution >= 0.6 is 0 Å². The molecule has 26 heavy (non-hydrogen) atoms. The SMILES string of the molecule is CC(C)(C)OC(=O)N[C@@](C)(CC(=O)ON=C(N)c1ccccc1)C(=O)O. The second kappa shape index (κ2) is 8.32. The Hall–Kier alpha value is -3.10. The van der Waals surface area contributed by atoms with Gasteiger partial charge in [0.05, 0.1) is 6.42 Å². The molecule has 4 N–H and O–H groups in total. The first-order chi connectivity index (χ1) is 11.9. The quantitative estimate of drug-likeness (QED) is 0.301. The van der Waals surface area contributed by atoms with E-state index in [0.29, 0.717) is 5.56 Å². The molecule has 1 atom stereocenters. The second-order valence-corrected chi connectivity index (χ2v) is 6.75. The fourth-order valence-electron chi connectivity index (χ4n) is 1.78. The topological polar surface area (TPSA) is 140 Å². The molecule has 9 nitrogen and oxygen atoms in total. The number of carbonyl (C=O) groups is 3. The highest BCUT2D eigenvalue weighted by Gasteiger charge is 2.39. The van der Waals surface area contributed by atoms with Crippen molar-refractivity contribution < 1.29 is 29.1 Å². The van der Waals surface area contributed by atoms with Crippen LogP contribution in [0.2, 0.25) is 0 Å². The maximum Gasteiger partial charge on any atom is 0.408 e. The molecule has 0 spiro atoms. The van der Waals surface area contributed by atoms with Gasteiger partial charge in [-0.25, -0.2) is 14.4 Å². The minimum atomic E-state index is -1.93. The van der Waals surface area contributed by atoms with Crippen LogP contribution in [0.1, 0.15) is 39.7 Å². The Morgan fingerprint density at radius 2 is 1.73 bits per heavy atom. The van der Waals surface area contributed by atoms with Crippen molar-refractivity contribution in [2.75, 3.05) is 0 Å². The van der Waals surface area contributed by atoms with Crippen LogP contribution in [0.3, 0.4) is 0 Å². The molecule has 1 aromatic rings. The average molecular weight is 365 g/mol. The number of aliphatic carboxylic acids is 1. The van der Waals surface area contributed by atoms with Crippen LogP contribution in [-0.2, 0) is 19.2 Å². The van der Waals surface area contributed by atoms with E-state index in [1.165, 1.54) is 0 Å². The Balaban J connectivity index is 2.75. The molecule has 0 saturated carbocycles. The van der Waals surface area contributed by atoms with Crippen LogP contribution < -0.4 is 11.1 Å². The average Bonchev–Trinajstić information content (AvgIpc) is 2.51. The van der Waals surface area contributed by atoms with Crippen molar-refractivity contribution in [1.82, 2.24) is 5.32 Å². The maximum absolute atomic E-state index is 11.9. The highest BCUT2D eigenvalue weighted by Crippen LogP contribution is 2.14. The van der Waals surface area contributed by atoms with E-state index in [1.807, 2.05) is 0 Å². The summed E-state index contributed by atoms with van der Waals surface area (Å²) in [5.41, 5.74) is 3.46. The van der Waals surface area contributed by atoms with Gasteiger partial charge in [-0.2, -0.15) is 0 Å². The van der Waals surface area contributed by atoms with Crippen molar-refractivity contribution in [2.24, 2.45) is 10.9 Å². The zero-order valence-electron chi connectivity index (χ0n) is 15.1. The number of carboxylic acids is 1. The van der Waals surface area contributed by atoms with Crippen LogP contribution in [0.15, 0.2) is 35.5 Å². The number of hydrogen-bond acceptors (Lipinski definition) is 6. The number of nitrogens with zero attached hydrogens (tertiary/aromatic N) is 1. The number of nitrogens with two attached hydrogens (primary N) is 1. The molecule has 0 bridgehead atoms. The molecule has 0 fully saturated rings. The summed E-state index contributed by atoms with van der Waals surface area (Å²) in [6.45, 7) is 6.03. The zero-order valence-corrected chi connectivity index (χ0v) is 15.1. The molecule has 0 aliphatic heterocycles. The number of oxime groups is 1. The van der Waals surface area contributed by atoms with Crippen molar-refractivity contribution in [3.05, 3.63) is 35.9 Å². The Morgan fingerprint density at radius 3 is 2.23 bits per heavy atom. The Morgan fingerprint density at radius 1 is 1.15 bits per heavy atom. The number of nitrogens with one attached hydrogen (secondary N) is 1. The lowest BCUT2D eigenvalue weighted by molar-refractivity contribution is -0.153. The lowest BCUT2D eigenvalue weighted by atomic mass is 9.98. The number of hydrogen-bond donors (Lipinski definition) is 3. The van der Waals surface area contributed by atoms with Gasteiger partial charge in [0.1, 0.15) is 11.1 Å². The third kappa shape index (κ3) is 6.80. The van der Waals surface area contributed by atoms with Crippen LogP contribution in [0.25, 0.3) is 0 Å². The summed E-state index contributed by atoms with van der Waals surface area (Å²) in [5, 5.41) is 15.0. The van der Waals surface area contributed by atoms with Gasteiger partial charge in [-0.15, -0.1) is 0 Å². The lowest BCUT2D eigenvalue weighted by Crippen LogP contribution is -2.54. The predicted molar refractivity (Wildman–Crippen MR) is 93.3 cm³/mol. The molecular weight excluding hydrogens is 342 g/mol. The molecule has 0 aliphatic rings. The first-order valence-corrected chi connectivity index (χ1v) is 7.76. The minimum absolute atomic E-state index is 0.0453. The Kier molecular flexibility index (Phi) is 6.71. The van der Waals surface area contributed by atoms with Crippen molar-refractivity contribution in [3.63, 3.8) is 0 Å². The minimum Gasteiger partial charge on any atom is -0.479 e. The number of ether oxygens (including phenoxy) is 1. The largest absolute Gasteiger partial charge is 0.479 e. The fraction of sp³-hybridized carbons (Fsp3) is 0.412. The van der Waals surface area contributed by atoms with Gasteiger partial charge in [0.25, 0.3) is 0 Å². The van der Waals surface area contributed by atoms with Crippen LogP contribution in [0.5, 0.6) is 0 Å². The summed E-state index contributed by atoms with van der Waals surface area (Å²) in [6, 6.07) is 8.57. The fourth-order valence-corrected chi connectivity index (χ4v) is 1.78. The Labute approximate surface area is 151 Å². The molecule has 0 radical (unpaired) electrons. The van der Waals surface area contributed by atoms with Gasteiger partial charge < -0.3 is 25.7 Å². The number of carbonyl (C=O) groups excluding carboxylic acids is 2. The highest BCUT2D eigenvalue weighted by atomic mass is 16.7. The van der Waals surface area contributed by atoms with E-state index in [2.05, 4.69) is 15.3 Å². The van der Waals surface area contributed by atoms with E-state index in [9.17, 15) is 19.5 Å². The summed E-state index contributed by atoms with van der Waals surface area (Å²) in [7, 11) is 0. The van der Waals surface area contributed by atoms with Gasteiger partial charge in [-0.05, 0) is 27.7 Å². The number of benzene rings is 1. The summed E-state index contributed by atoms with van der Waals surface area (Å²) in [5.74, 6) is -2.46. The summed E-state index contributed by atoms with van der Waals surface area (Å²) >= 11 is 0. The van der Waals surface area contributed by atoms with Crippen LogP contribution in [0.4, 0.5) is 4.79 Å². The number of carboxylic acid groups (broad SMARTS) is 1. The molecule has 0 aliphatic carbocycles. The zero-order chi connectivity index (χ0) is 20.0. The number of alkyl carbamates (subject to hydrolysis) is 1. The third-order valence-electron chi connectivity index (χ3n) is 3.06. The molecule has 1 amide bonds. The molecule has 1 rings (SSSR count). The van der Waals surface area contributed by atoms with Crippen molar-refractivity contribution >= 4 is 23.9 Å². The van der Waals surface area contributed by atoms with Crippen molar-refractivity contribution in [1.29, 1.82) is 0 Å². The highest BCUT2D eigenvalue weighted by molar-refractivity contribution is 5.97. The summed E-state index contributed by atoms with van der Waals surface area (Å²) < 4.78 is 5.01. The molecule has 0 aromatic heterocycles. The first-order valence-electron chi connectivity index (χ1n) is 7.76. The van der Waals surface area contributed by atoms with Gasteiger partial charge in [0, 0.05) is 5.56 Å². The van der Waals surface area contributed by atoms with Crippen LogP contribution in [0, 0.1) is 0 Å². The van der Waals surface area contributed by atoms with E-state index >= 15 is 0 Å². The van der Waals surface area contributed by atoms with Gasteiger partial charge in [0.15, 0.2) is 5.84 Å². The first kappa shape index (κ1) is 20.9. The lowest BCUT2D eigenvalue weighted by Gasteiger charge is -2.27. The van der Waals surface area contributed by atoms with Crippen LogP contribution in [-0.4, -0.2) is 40.1 Å².